The van der Waals surface area contributed by atoms with E-state index < -0.39 is 5.92 Å². The van der Waals surface area contributed by atoms with Crippen LogP contribution >= 0.6 is 0 Å². The van der Waals surface area contributed by atoms with E-state index in [2.05, 4.69) is 6.07 Å². The van der Waals surface area contributed by atoms with Crippen LogP contribution in [-0.2, 0) is 6.42 Å². The molecule has 3 heteroatoms. The number of aryl methyl sites for hydroxylation is 2. The van der Waals surface area contributed by atoms with Gasteiger partial charge in [-0.3, -0.25) is 4.79 Å². The lowest BCUT2D eigenvalue weighted by Crippen LogP contribution is -2.10. The molecule has 2 rings (SSSR count). The van der Waals surface area contributed by atoms with Gasteiger partial charge in [0, 0.05) is 6.42 Å². The van der Waals surface area contributed by atoms with Gasteiger partial charge in [0.05, 0.1) is 6.07 Å². The lowest BCUT2D eigenvalue weighted by Gasteiger charge is -2.07. The van der Waals surface area contributed by atoms with Crippen LogP contribution in [0.25, 0.3) is 0 Å². The number of nitrogens with zero attached hydrogens (tertiary/aromatic N) is 1. The van der Waals surface area contributed by atoms with Crippen LogP contribution in [0.5, 0.6) is 0 Å². The monoisotopic (exact) mass is 253 g/mol. The molecule has 3 nitrogen and oxygen atoms in total. The van der Waals surface area contributed by atoms with E-state index >= 15 is 0 Å². The molecule has 96 valence electrons. The van der Waals surface area contributed by atoms with Crippen LogP contribution in [0.4, 0.5) is 0 Å². The van der Waals surface area contributed by atoms with Gasteiger partial charge < -0.3 is 4.42 Å². The molecule has 1 atom stereocenters. The predicted octanol–water partition coefficient (Wildman–Crippen LogP) is 3.64. The number of Topliss-reactive ketones (excluding diaryl/α,β-unsaturated/α-hetero) is 1. The summed E-state index contributed by atoms with van der Waals surface area (Å²) in [5.41, 5.74) is 1.74. The minimum atomic E-state index is -0.809. The fourth-order valence-corrected chi connectivity index (χ4v) is 1.98. The second kappa shape index (κ2) is 5.53. The minimum Gasteiger partial charge on any atom is -0.458 e. The Hall–Kier alpha value is -2.34. The Morgan fingerprint density at radius 1 is 1.37 bits per heavy atom. The third kappa shape index (κ3) is 2.74. The van der Waals surface area contributed by atoms with Crippen LogP contribution < -0.4 is 0 Å². The lowest BCUT2D eigenvalue weighted by atomic mass is 9.94. The molecule has 0 N–H and O–H groups in total. The van der Waals surface area contributed by atoms with Gasteiger partial charge in [-0.15, -0.1) is 0 Å². The molecule has 0 saturated carbocycles. The highest BCUT2D eigenvalue weighted by Gasteiger charge is 2.24. The average molecular weight is 253 g/mol. The molecule has 1 aromatic carbocycles. The van der Waals surface area contributed by atoms with E-state index in [1.807, 2.05) is 32.0 Å². The summed E-state index contributed by atoms with van der Waals surface area (Å²) in [6.07, 6.45) is 0.731. The second-order valence-electron chi connectivity index (χ2n) is 4.46. The first-order chi connectivity index (χ1) is 9.15. The first-order valence-corrected chi connectivity index (χ1v) is 6.24. The van der Waals surface area contributed by atoms with E-state index in [1.54, 1.807) is 18.2 Å². The smallest absolute Gasteiger partial charge is 0.219 e. The number of rotatable bonds is 4. The average Bonchev–Trinajstić information content (AvgIpc) is 2.88. The summed E-state index contributed by atoms with van der Waals surface area (Å²) in [5, 5.41) is 9.25. The van der Waals surface area contributed by atoms with Gasteiger partial charge in [0.1, 0.15) is 11.7 Å². The number of benzene rings is 1. The van der Waals surface area contributed by atoms with Gasteiger partial charge in [-0.05, 0) is 24.6 Å². The Kier molecular flexibility index (Phi) is 3.82. The SMILES string of the molecule is CCc1ccc(C(=O)C(C#N)c2cccc(C)c2)o1. The van der Waals surface area contributed by atoms with Crippen molar-refractivity contribution >= 4 is 5.78 Å². The molecule has 1 unspecified atom stereocenters. The van der Waals surface area contributed by atoms with Gasteiger partial charge in [0.25, 0.3) is 0 Å². The van der Waals surface area contributed by atoms with Gasteiger partial charge in [0.2, 0.25) is 5.78 Å². The van der Waals surface area contributed by atoms with Crippen molar-refractivity contribution in [2.75, 3.05) is 0 Å². The van der Waals surface area contributed by atoms with Crippen LogP contribution in [-0.4, -0.2) is 5.78 Å². The summed E-state index contributed by atoms with van der Waals surface area (Å²) in [5.74, 6) is -0.0854. The number of hydrogen-bond acceptors (Lipinski definition) is 3. The fourth-order valence-electron chi connectivity index (χ4n) is 1.98. The molecule has 1 heterocycles. The molecular weight excluding hydrogens is 238 g/mol. The maximum atomic E-state index is 12.3. The molecule has 2 aromatic rings. The highest BCUT2D eigenvalue weighted by Crippen LogP contribution is 2.22. The van der Waals surface area contributed by atoms with Crippen molar-refractivity contribution in [2.24, 2.45) is 0 Å². The zero-order valence-corrected chi connectivity index (χ0v) is 11.0. The predicted molar refractivity (Wildman–Crippen MR) is 71.9 cm³/mol. The Morgan fingerprint density at radius 2 is 2.16 bits per heavy atom. The molecule has 0 bridgehead atoms. The van der Waals surface area contributed by atoms with E-state index in [0.29, 0.717) is 5.56 Å². The molecule has 0 amide bonds. The van der Waals surface area contributed by atoms with Crippen molar-refractivity contribution in [2.45, 2.75) is 26.2 Å². The standard InChI is InChI=1S/C16H15NO2/c1-3-13-7-8-15(19-13)16(18)14(10-17)12-6-4-5-11(2)9-12/h4-9,14H,3H2,1-2H3. The normalized spacial score (nSPS) is 11.8. The number of ketones is 1. The third-order valence-electron chi connectivity index (χ3n) is 3.02. The second-order valence-corrected chi connectivity index (χ2v) is 4.46. The molecule has 0 aliphatic heterocycles. The number of carbonyl (C=O) groups excluding carboxylic acids is 1. The van der Waals surface area contributed by atoms with E-state index in [1.165, 1.54) is 0 Å². The Balaban J connectivity index is 2.32. The topological polar surface area (TPSA) is 54.0 Å². The molecule has 1 aromatic heterocycles. The van der Waals surface area contributed by atoms with E-state index in [-0.39, 0.29) is 11.5 Å². The summed E-state index contributed by atoms with van der Waals surface area (Å²) >= 11 is 0. The molecule has 19 heavy (non-hydrogen) atoms. The van der Waals surface area contributed by atoms with E-state index in [9.17, 15) is 10.1 Å². The molecule has 0 saturated heterocycles. The van der Waals surface area contributed by atoms with Crippen molar-refractivity contribution in [3.8, 4) is 6.07 Å². The van der Waals surface area contributed by atoms with Crippen LogP contribution in [0.1, 0.15) is 40.3 Å². The summed E-state index contributed by atoms with van der Waals surface area (Å²) < 4.78 is 5.43. The Labute approximate surface area is 112 Å². The molecule has 0 radical (unpaired) electrons. The summed E-state index contributed by atoms with van der Waals surface area (Å²) in [4.78, 5) is 12.3. The van der Waals surface area contributed by atoms with Gasteiger partial charge in [-0.2, -0.15) is 5.26 Å². The fraction of sp³-hybridized carbons (Fsp3) is 0.250. The quantitative estimate of drug-likeness (QED) is 0.781. The molecular formula is C16H15NO2. The van der Waals surface area contributed by atoms with Crippen LogP contribution in [0.3, 0.4) is 0 Å². The van der Waals surface area contributed by atoms with Crippen molar-refractivity contribution in [3.63, 3.8) is 0 Å². The third-order valence-corrected chi connectivity index (χ3v) is 3.02. The van der Waals surface area contributed by atoms with Crippen molar-refractivity contribution < 1.29 is 9.21 Å². The molecule has 0 aliphatic rings. The van der Waals surface area contributed by atoms with Crippen molar-refractivity contribution in [1.82, 2.24) is 0 Å². The molecule has 0 aliphatic carbocycles. The van der Waals surface area contributed by atoms with E-state index in [4.69, 9.17) is 4.42 Å². The van der Waals surface area contributed by atoms with Crippen LogP contribution in [0, 0.1) is 18.3 Å². The molecule has 0 fully saturated rings. The summed E-state index contributed by atoms with van der Waals surface area (Å²) in [7, 11) is 0. The Morgan fingerprint density at radius 3 is 2.74 bits per heavy atom. The maximum Gasteiger partial charge on any atom is 0.219 e. The maximum absolute atomic E-state index is 12.3. The van der Waals surface area contributed by atoms with Gasteiger partial charge in [0.15, 0.2) is 5.76 Å². The van der Waals surface area contributed by atoms with Gasteiger partial charge >= 0.3 is 0 Å². The summed E-state index contributed by atoms with van der Waals surface area (Å²) in [6.45, 7) is 3.89. The molecule has 0 spiro atoms. The van der Waals surface area contributed by atoms with Gasteiger partial charge in [-0.25, -0.2) is 0 Å². The van der Waals surface area contributed by atoms with Crippen LogP contribution in [0.2, 0.25) is 0 Å². The number of hydrogen-bond donors (Lipinski definition) is 0. The Bertz CT molecular complexity index is 634. The number of nitriles is 1. The van der Waals surface area contributed by atoms with Crippen LogP contribution in [0.15, 0.2) is 40.8 Å². The largest absolute Gasteiger partial charge is 0.458 e. The number of carbonyl (C=O) groups is 1. The van der Waals surface area contributed by atoms with Gasteiger partial charge in [-0.1, -0.05) is 36.8 Å². The number of furan rings is 1. The summed E-state index contributed by atoms with van der Waals surface area (Å²) in [6, 6.07) is 12.9. The lowest BCUT2D eigenvalue weighted by molar-refractivity contribution is 0.0950. The zero-order chi connectivity index (χ0) is 13.8. The van der Waals surface area contributed by atoms with E-state index in [0.717, 1.165) is 17.7 Å². The van der Waals surface area contributed by atoms with Crippen molar-refractivity contribution in [3.05, 3.63) is 59.0 Å². The first-order valence-electron chi connectivity index (χ1n) is 6.24. The minimum absolute atomic E-state index is 0.255. The zero-order valence-electron chi connectivity index (χ0n) is 11.0. The highest BCUT2D eigenvalue weighted by atomic mass is 16.3. The van der Waals surface area contributed by atoms with Crippen molar-refractivity contribution in [1.29, 1.82) is 5.26 Å². The highest BCUT2D eigenvalue weighted by molar-refractivity contribution is 6.00. The first kappa shape index (κ1) is 13.1.